The molecule has 1 fully saturated rings. The molecule has 5 nitrogen and oxygen atoms in total. The van der Waals surface area contributed by atoms with Gasteiger partial charge in [0.2, 0.25) is 14.2 Å². The molecule has 0 saturated carbocycles. The number of carbonyl (C=O) groups is 2. The van der Waals surface area contributed by atoms with Gasteiger partial charge in [-0.1, -0.05) is 41.5 Å². The number of hydrogen-bond donors (Lipinski definition) is 0. The van der Waals surface area contributed by atoms with Gasteiger partial charge < -0.3 is 14.1 Å². The average molecular weight is 368 g/mol. The molecule has 0 spiro atoms. The summed E-state index contributed by atoms with van der Waals surface area (Å²) in [6, 6.07) is 0. The quantitative estimate of drug-likeness (QED) is 0.528. The predicted octanol–water partition coefficient (Wildman–Crippen LogP) is 3.86. The Morgan fingerprint density at radius 2 is 1.76 bits per heavy atom. The van der Waals surface area contributed by atoms with Gasteiger partial charge in [0, 0.05) is 12.6 Å². The van der Waals surface area contributed by atoms with E-state index >= 15 is 0 Å². The second-order valence-corrected chi connectivity index (χ2v) is 13.6. The van der Waals surface area contributed by atoms with Crippen LogP contribution in [0.15, 0.2) is 12.2 Å². The Kier molecular flexibility index (Phi) is 5.84. The van der Waals surface area contributed by atoms with E-state index in [1.165, 1.54) is 7.11 Å². The molecule has 0 aromatic heterocycles. The van der Waals surface area contributed by atoms with E-state index in [0.29, 0.717) is 29.6 Å². The minimum Gasteiger partial charge on any atom is -0.469 e. The third kappa shape index (κ3) is 3.08. The van der Waals surface area contributed by atoms with Gasteiger partial charge in [0.05, 0.1) is 7.11 Å². The highest BCUT2D eigenvalue weighted by Gasteiger charge is 2.60. The molecule has 0 aromatic carbocycles. The molecule has 1 saturated heterocycles. The van der Waals surface area contributed by atoms with Crippen LogP contribution in [0.2, 0.25) is 16.6 Å². The summed E-state index contributed by atoms with van der Waals surface area (Å²) in [7, 11) is -0.883. The molecule has 0 bridgehead atoms. The highest BCUT2D eigenvalue weighted by molar-refractivity contribution is 6.77. The van der Waals surface area contributed by atoms with Crippen LogP contribution in [0, 0.1) is 5.92 Å². The van der Waals surface area contributed by atoms with Crippen molar-refractivity contribution in [3.05, 3.63) is 12.2 Å². The molecule has 0 aliphatic carbocycles. The van der Waals surface area contributed by atoms with Crippen LogP contribution in [-0.4, -0.2) is 44.5 Å². The lowest BCUT2D eigenvalue weighted by molar-refractivity contribution is -0.174. The minimum atomic E-state index is -2.29. The van der Waals surface area contributed by atoms with Crippen molar-refractivity contribution in [2.24, 2.45) is 5.92 Å². The van der Waals surface area contributed by atoms with Crippen LogP contribution in [0.3, 0.4) is 0 Å². The van der Waals surface area contributed by atoms with Crippen molar-refractivity contribution in [2.75, 3.05) is 13.7 Å². The van der Waals surface area contributed by atoms with Crippen LogP contribution < -0.4 is 0 Å². The molecule has 2 heterocycles. The molecule has 142 valence electrons. The summed E-state index contributed by atoms with van der Waals surface area (Å²) in [6.45, 7) is 13.9. The lowest BCUT2D eigenvalue weighted by Gasteiger charge is -2.54. The maximum absolute atomic E-state index is 12.6. The van der Waals surface area contributed by atoms with Gasteiger partial charge in [-0.3, -0.25) is 9.59 Å². The number of hydrogen-bond acceptors (Lipinski definition) is 4. The number of nitrogens with zero attached hydrogens (tertiary/aromatic N) is 1. The SMILES string of the molecule is COC(=O)[C@H]1CCCN2C(=O)C=C[C@@]12O[Si](C(C)C)(C(C)C)C(C)C. The van der Waals surface area contributed by atoms with E-state index in [0.717, 1.165) is 6.42 Å². The molecular formula is C19H33NO4Si. The molecule has 0 radical (unpaired) electrons. The van der Waals surface area contributed by atoms with Gasteiger partial charge in [-0.15, -0.1) is 0 Å². The fourth-order valence-electron chi connectivity index (χ4n) is 5.02. The predicted molar refractivity (Wildman–Crippen MR) is 100 cm³/mol. The van der Waals surface area contributed by atoms with Crippen LogP contribution in [0.4, 0.5) is 0 Å². The number of esters is 1. The van der Waals surface area contributed by atoms with Crippen molar-refractivity contribution in [3.63, 3.8) is 0 Å². The maximum atomic E-state index is 12.6. The topological polar surface area (TPSA) is 55.8 Å². The number of fused-ring (bicyclic) bond motifs is 1. The summed E-state index contributed by atoms with van der Waals surface area (Å²) < 4.78 is 12.1. The lowest BCUT2D eigenvalue weighted by Crippen LogP contribution is -2.65. The van der Waals surface area contributed by atoms with Crippen molar-refractivity contribution in [1.82, 2.24) is 4.90 Å². The van der Waals surface area contributed by atoms with E-state index in [2.05, 4.69) is 41.5 Å². The highest BCUT2D eigenvalue weighted by atomic mass is 28.4. The molecule has 25 heavy (non-hydrogen) atoms. The third-order valence-corrected chi connectivity index (χ3v) is 12.2. The van der Waals surface area contributed by atoms with Crippen LogP contribution in [0.5, 0.6) is 0 Å². The lowest BCUT2D eigenvalue weighted by atomic mass is 9.87. The van der Waals surface area contributed by atoms with Crippen molar-refractivity contribution in [1.29, 1.82) is 0 Å². The molecule has 6 heteroatoms. The molecule has 0 aromatic rings. The van der Waals surface area contributed by atoms with Gasteiger partial charge in [0.25, 0.3) is 0 Å². The smallest absolute Gasteiger partial charge is 0.313 e. The van der Waals surface area contributed by atoms with Gasteiger partial charge >= 0.3 is 5.97 Å². The first-order chi connectivity index (χ1) is 11.6. The third-order valence-electron chi connectivity index (χ3n) is 6.06. The van der Waals surface area contributed by atoms with E-state index in [1.807, 2.05) is 6.08 Å². The second-order valence-electron chi connectivity index (χ2n) is 8.21. The monoisotopic (exact) mass is 367 g/mol. The highest BCUT2D eigenvalue weighted by Crippen LogP contribution is 2.50. The number of amides is 1. The van der Waals surface area contributed by atoms with Gasteiger partial charge in [0.1, 0.15) is 5.92 Å². The molecule has 2 aliphatic heterocycles. The zero-order valence-electron chi connectivity index (χ0n) is 16.7. The first kappa shape index (κ1) is 20.2. The van der Waals surface area contributed by atoms with Crippen molar-refractivity contribution in [3.8, 4) is 0 Å². The van der Waals surface area contributed by atoms with Gasteiger partial charge in [0.15, 0.2) is 5.72 Å². The van der Waals surface area contributed by atoms with Crippen LogP contribution in [0.25, 0.3) is 0 Å². The zero-order valence-corrected chi connectivity index (χ0v) is 17.7. The fraction of sp³-hybridized carbons (Fsp3) is 0.789. The summed E-state index contributed by atoms with van der Waals surface area (Å²) >= 11 is 0. The summed E-state index contributed by atoms with van der Waals surface area (Å²) in [4.78, 5) is 26.8. The number of rotatable bonds is 6. The van der Waals surface area contributed by atoms with Gasteiger partial charge in [-0.25, -0.2) is 0 Å². The van der Waals surface area contributed by atoms with E-state index in [-0.39, 0.29) is 11.9 Å². The van der Waals surface area contributed by atoms with Crippen molar-refractivity contribution < 1.29 is 18.8 Å². The summed E-state index contributed by atoms with van der Waals surface area (Å²) in [5, 5.41) is 0. The van der Waals surface area contributed by atoms with E-state index in [4.69, 9.17) is 9.16 Å². The van der Waals surface area contributed by atoms with Gasteiger partial charge in [-0.05, 0) is 35.5 Å². The summed E-state index contributed by atoms with van der Waals surface area (Å²) in [6.07, 6.45) is 4.86. The molecule has 0 unspecified atom stereocenters. The molecular weight excluding hydrogens is 334 g/mol. The Labute approximate surface area is 152 Å². The Morgan fingerprint density at radius 1 is 1.20 bits per heavy atom. The molecule has 1 amide bonds. The zero-order chi connectivity index (χ0) is 19.0. The van der Waals surface area contributed by atoms with Crippen LogP contribution in [0.1, 0.15) is 54.4 Å². The standard InChI is InChI=1S/C19H33NO4Si/c1-13(2)25(14(3)4,15(5)6)24-19-11-10-17(21)20(19)12-8-9-16(19)18(22)23-7/h10-11,13-16H,8-9,12H2,1-7H3/t16-,19-/m1/s1. The first-order valence-electron chi connectivity index (χ1n) is 9.42. The molecule has 2 atom stereocenters. The normalized spacial score (nSPS) is 26.7. The fourth-order valence-corrected chi connectivity index (χ4v) is 10.6. The Balaban J connectivity index is 2.57. The van der Waals surface area contributed by atoms with E-state index in [1.54, 1.807) is 11.0 Å². The largest absolute Gasteiger partial charge is 0.469 e. The number of methoxy groups -OCH3 is 1. The van der Waals surface area contributed by atoms with Crippen LogP contribution >= 0.6 is 0 Å². The summed E-state index contributed by atoms with van der Waals surface area (Å²) in [5.74, 6) is -0.812. The van der Waals surface area contributed by atoms with Crippen molar-refractivity contribution >= 4 is 20.2 Å². The first-order valence-corrected chi connectivity index (χ1v) is 11.6. The number of carbonyl (C=O) groups excluding carboxylic acids is 2. The van der Waals surface area contributed by atoms with Crippen LogP contribution in [-0.2, 0) is 18.8 Å². The average Bonchev–Trinajstić information content (AvgIpc) is 2.88. The Hall–Kier alpha value is -1.14. The summed E-state index contributed by atoms with van der Waals surface area (Å²) in [5.41, 5.74) is 0.127. The molecule has 0 N–H and O–H groups in total. The van der Waals surface area contributed by atoms with Gasteiger partial charge in [-0.2, -0.15) is 0 Å². The van der Waals surface area contributed by atoms with E-state index < -0.39 is 20.0 Å². The maximum Gasteiger partial charge on any atom is 0.313 e. The van der Waals surface area contributed by atoms with Crippen molar-refractivity contribution in [2.45, 2.75) is 76.7 Å². The number of piperidine rings is 1. The van der Waals surface area contributed by atoms with E-state index in [9.17, 15) is 9.59 Å². The Morgan fingerprint density at radius 3 is 2.24 bits per heavy atom. The number of ether oxygens (including phenoxy) is 1. The Bertz CT molecular complexity index is 536. The minimum absolute atomic E-state index is 0.0622. The molecule has 2 aliphatic rings. The second kappa shape index (κ2) is 7.23. The molecule has 2 rings (SSSR count).